The third kappa shape index (κ3) is 6.64. The van der Waals surface area contributed by atoms with Gasteiger partial charge in [0.05, 0.1) is 30.0 Å². The molecule has 182 valence electrons. The Kier molecular flexibility index (Phi) is 8.83. The average Bonchev–Trinajstić information content (AvgIpc) is 2.93. The molecule has 0 aliphatic carbocycles. The van der Waals surface area contributed by atoms with Crippen molar-refractivity contribution in [2.45, 2.75) is 92.5 Å². The van der Waals surface area contributed by atoms with Crippen LogP contribution in [0.3, 0.4) is 0 Å². The van der Waals surface area contributed by atoms with Gasteiger partial charge in [0.1, 0.15) is 11.9 Å². The van der Waals surface area contributed by atoms with Crippen molar-refractivity contribution < 1.29 is 28.7 Å². The molecule has 1 N–H and O–H groups in total. The summed E-state index contributed by atoms with van der Waals surface area (Å²) in [6, 6.07) is 5.90. The van der Waals surface area contributed by atoms with Gasteiger partial charge >= 0.3 is 13.1 Å². The Morgan fingerprint density at radius 2 is 1.76 bits per heavy atom. The molecule has 1 heterocycles. The van der Waals surface area contributed by atoms with E-state index in [0.29, 0.717) is 17.8 Å². The van der Waals surface area contributed by atoms with Gasteiger partial charge in [0.15, 0.2) is 0 Å². The lowest BCUT2D eigenvalue weighted by Gasteiger charge is -2.32. The van der Waals surface area contributed by atoms with Crippen LogP contribution in [-0.2, 0) is 31.7 Å². The Morgan fingerprint density at radius 1 is 1.15 bits per heavy atom. The number of allylic oxidation sites excluding steroid dienone is 3. The molecule has 1 aromatic rings. The molecule has 1 saturated heterocycles. The topological polar surface area (TPSA) is 74.2 Å². The summed E-state index contributed by atoms with van der Waals surface area (Å²) in [5.41, 5.74) is 2.34. The zero-order valence-electron chi connectivity index (χ0n) is 21.6. The van der Waals surface area contributed by atoms with Crippen LogP contribution in [0.1, 0.15) is 73.4 Å². The van der Waals surface area contributed by atoms with Crippen LogP contribution in [0.25, 0.3) is 0 Å². The van der Waals surface area contributed by atoms with E-state index in [1.807, 2.05) is 65.8 Å². The summed E-state index contributed by atoms with van der Waals surface area (Å²) in [5, 5.41) is 10.4. The van der Waals surface area contributed by atoms with E-state index in [1.54, 1.807) is 13.8 Å². The van der Waals surface area contributed by atoms with Crippen molar-refractivity contribution in [3.8, 4) is 5.75 Å². The van der Waals surface area contributed by atoms with Crippen molar-refractivity contribution in [1.82, 2.24) is 0 Å². The van der Waals surface area contributed by atoms with Gasteiger partial charge in [-0.05, 0) is 79.0 Å². The van der Waals surface area contributed by atoms with Crippen LogP contribution < -0.4 is 4.74 Å². The Hall–Kier alpha value is -2.25. The minimum Gasteiger partial charge on any atom is -0.513 e. The van der Waals surface area contributed by atoms with E-state index in [9.17, 15) is 9.90 Å². The second-order valence-electron chi connectivity index (χ2n) is 9.55. The fourth-order valence-electron chi connectivity index (χ4n) is 3.40. The van der Waals surface area contributed by atoms with Crippen molar-refractivity contribution in [3.05, 3.63) is 52.2 Å². The lowest BCUT2D eigenvalue weighted by atomic mass is 9.76. The first kappa shape index (κ1) is 27.0. The molecule has 7 heteroatoms. The van der Waals surface area contributed by atoms with Crippen molar-refractivity contribution in [2.24, 2.45) is 0 Å². The van der Waals surface area contributed by atoms with Gasteiger partial charge in [-0.3, -0.25) is 4.79 Å². The van der Waals surface area contributed by atoms with Crippen LogP contribution in [0.15, 0.2) is 41.1 Å². The van der Waals surface area contributed by atoms with Crippen molar-refractivity contribution in [3.63, 3.8) is 0 Å². The van der Waals surface area contributed by atoms with Crippen LogP contribution in [0.2, 0.25) is 0 Å². The molecular formula is C26H39BO6. The van der Waals surface area contributed by atoms with Crippen LogP contribution in [0.5, 0.6) is 5.75 Å². The average molecular weight is 458 g/mol. The normalized spacial score (nSPS) is 19.2. The molecule has 0 aromatic heterocycles. The standard InChI is InChI=1S/C26H39BO6/c1-10-20-12-13-21(16-24(29)30-11-2)23(15-20)31-19(5)17(3)14-22(18(4)28)27-32-25(6,7)26(8,9)33-27/h12-15,19,28H,10-11,16H2,1-9H3/b17-14+,22-18-. The second kappa shape index (κ2) is 10.8. The van der Waals surface area contributed by atoms with E-state index in [-0.39, 0.29) is 24.3 Å². The molecular weight excluding hydrogens is 419 g/mol. The maximum Gasteiger partial charge on any atom is 0.498 e. The molecule has 6 nitrogen and oxygen atoms in total. The summed E-state index contributed by atoms with van der Waals surface area (Å²) in [7, 11) is -0.676. The summed E-state index contributed by atoms with van der Waals surface area (Å²) in [6.07, 6.45) is 2.56. The minimum absolute atomic E-state index is 0.135. The number of carbonyl (C=O) groups excluding carboxylic acids is 1. The number of hydrogen-bond acceptors (Lipinski definition) is 6. The largest absolute Gasteiger partial charge is 0.513 e. The molecule has 0 bridgehead atoms. The van der Waals surface area contributed by atoms with Crippen LogP contribution in [0.4, 0.5) is 0 Å². The molecule has 1 unspecified atom stereocenters. The number of hydrogen-bond donors (Lipinski definition) is 1. The lowest BCUT2D eigenvalue weighted by molar-refractivity contribution is -0.142. The summed E-state index contributed by atoms with van der Waals surface area (Å²) in [6.45, 7) is 17.6. The van der Waals surface area contributed by atoms with Gasteiger partial charge in [0.25, 0.3) is 0 Å². The molecule has 33 heavy (non-hydrogen) atoms. The van der Waals surface area contributed by atoms with Gasteiger partial charge < -0.3 is 23.9 Å². The molecule has 0 amide bonds. The molecule has 1 atom stereocenters. The molecule has 1 fully saturated rings. The fourth-order valence-corrected chi connectivity index (χ4v) is 3.40. The number of aliphatic hydroxyl groups is 1. The predicted octanol–water partition coefficient (Wildman–Crippen LogP) is 5.53. The number of rotatable bonds is 9. The van der Waals surface area contributed by atoms with E-state index in [2.05, 4.69) is 6.92 Å². The third-order valence-electron chi connectivity index (χ3n) is 6.43. The first-order chi connectivity index (χ1) is 15.3. The van der Waals surface area contributed by atoms with Crippen molar-refractivity contribution in [2.75, 3.05) is 6.61 Å². The molecule has 0 spiro atoms. The van der Waals surface area contributed by atoms with Gasteiger partial charge in [0.2, 0.25) is 0 Å². The van der Waals surface area contributed by atoms with E-state index in [0.717, 1.165) is 23.1 Å². The maximum absolute atomic E-state index is 12.1. The van der Waals surface area contributed by atoms with Gasteiger partial charge in [-0.15, -0.1) is 0 Å². The predicted molar refractivity (Wildman–Crippen MR) is 131 cm³/mol. The highest BCUT2D eigenvalue weighted by Gasteiger charge is 2.52. The summed E-state index contributed by atoms with van der Waals surface area (Å²) < 4.78 is 23.7. The Morgan fingerprint density at radius 3 is 2.27 bits per heavy atom. The van der Waals surface area contributed by atoms with Crippen molar-refractivity contribution in [1.29, 1.82) is 0 Å². The smallest absolute Gasteiger partial charge is 0.498 e. The summed E-state index contributed by atoms with van der Waals surface area (Å²) in [5.74, 6) is 0.508. The van der Waals surface area contributed by atoms with Gasteiger partial charge in [-0.25, -0.2) is 0 Å². The number of benzene rings is 1. The molecule has 1 aliphatic heterocycles. The van der Waals surface area contributed by atoms with Crippen LogP contribution in [-0.4, -0.2) is 42.1 Å². The number of carbonyl (C=O) groups is 1. The van der Waals surface area contributed by atoms with Gasteiger partial charge in [-0.1, -0.05) is 25.1 Å². The SMILES string of the molecule is CCOC(=O)Cc1ccc(CC)cc1OC(C)/C(C)=C/C(B1OC(C)(C)C(C)(C)O1)=C(\C)O. The van der Waals surface area contributed by atoms with E-state index < -0.39 is 18.3 Å². The van der Waals surface area contributed by atoms with E-state index in [4.69, 9.17) is 18.8 Å². The Labute approximate surface area is 199 Å². The quantitative estimate of drug-likeness (QED) is 0.227. The van der Waals surface area contributed by atoms with Crippen LogP contribution >= 0.6 is 0 Å². The van der Waals surface area contributed by atoms with Gasteiger partial charge in [0, 0.05) is 11.0 Å². The lowest BCUT2D eigenvalue weighted by Crippen LogP contribution is -2.41. The maximum atomic E-state index is 12.1. The number of esters is 1. The van der Waals surface area contributed by atoms with Crippen molar-refractivity contribution >= 4 is 13.1 Å². The fraction of sp³-hybridized carbons (Fsp3) is 0.577. The minimum atomic E-state index is -0.676. The Bertz CT molecular complexity index is 895. The Balaban J connectivity index is 2.27. The van der Waals surface area contributed by atoms with E-state index in [1.165, 1.54) is 0 Å². The second-order valence-corrected chi connectivity index (χ2v) is 9.55. The highest BCUT2D eigenvalue weighted by atomic mass is 16.7. The summed E-state index contributed by atoms with van der Waals surface area (Å²) >= 11 is 0. The zero-order valence-corrected chi connectivity index (χ0v) is 21.6. The molecule has 0 radical (unpaired) electrons. The highest BCUT2D eigenvalue weighted by molar-refractivity contribution is 6.55. The first-order valence-corrected chi connectivity index (χ1v) is 11.7. The number of aryl methyl sites for hydroxylation is 1. The van der Waals surface area contributed by atoms with Gasteiger partial charge in [-0.2, -0.15) is 0 Å². The summed E-state index contributed by atoms with van der Waals surface area (Å²) in [4.78, 5) is 12.1. The van der Waals surface area contributed by atoms with Crippen LogP contribution in [0, 0.1) is 0 Å². The molecule has 1 aliphatic rings. The first-order valence-electron chi connectivity index (χ1n) is 11.7. The third-order valence-corrected chi connectivity index (χ3v) is 6.43. The number of aliphatic hydroxyl groups excluding tert-OH is 1. The highest BCUT2D eigenvalue weighted by Crippen LogP contribution is 2.39. The van der Waals surface area contributed by atoms with E-state index >= 15 is 0 Å². The molecule has 1 aromatic carbocycles. The number of ether oxygens (including phenoxy) is 2. The zero-order chi connectivity index (χ0) is 25.0. The molecule has 2 rings (SSSR count). The molecule has 0 saturated carbocycles. The monoisotopic (exact) mass is 458 g/mol.